The van der Waals surface area contributed by atoms with Gasteiger partial charge in [-0.15, -0.1) is 11.6 Å². The first-order valence-corrected chi connectivity index (χ1v) is 6.22. The van der Waals surface area contributed by atoms with Gasteiger partial charge in [-0.1, -0.05) is 0 Å². The molecule has 0 aliphatic carbocycles. The second kappa shape index (κ2) is 6.65. The molecule has 0 aromatic heterocycles. The summed E-state index contributed by atoms with van der Waals surface area (Å²) in [6, 6.07) is 0.807. The van der Waals surface area contributed by atoms with Gasteiger partial charge in [0.1, 0.15) is 0 Å². The molecule has 0 N–H and O–H groups in total. The third-order valence-corrected chi connectivity index (χ3v) is 3.47. The lowest BCUT2D eigenvalue weighted by Crippen LogP contribution is -2.42. The molecule has 0 aromatic carbocycles. The monoisotopic (exact) mass is 218 g/mol. The van der Waals surface area contributed by atoms with E-state index in [0.29, 0.717) is 0 Å². The minimum absolute atomic E-state index is 0.807. The van der Waals surface area contributed by atoms with Crippen LogP contribution in [0.2, 0.25) is 0 Å². The van der Waals surface area contributed by atoms with Crippen LogP contribution in [0.1, 0.15) is 25.7 Å². The largest absolute Gasteiger partial charge is 0.306 e. The van der Waals surface area contributed by atoms with Gasteiger partial charge in [0.2, 0.25) is 0 Å². The summed E-state index contributed by atoms with van der Waals surface area (Å²) in [4.78, 5) is 4.93. The minimum Gasteiger partial charge on any atom is -0.306 e. The van der Waals surface area contributed by atoms with Crippen LogP contribution in [-0.2, 0) is 0 Å². The molecule has 1 fully saturated rings. The van der Waals surface area contributed by atoms with Crippen LogP contribution in [0.25, 0.3) is 0 Å². The van der Waals surface area contributed by atoms with E-state index in [2.05, 4.69) is 23.9 Å². The van der Waals surface area contributed by atoms with Gasteiger partial charge in [-0.3, -0.25) is 0 Å². The van der Waals surface area contributed by atoms with Crippen molar-refractivity contribution in [2.45, 2.75) is 31.7 Å². The van der Waals surface area contributed by atoms with E-state index < -0.39 is 0 Å². The molecule has 1 heterocycles. The van der Waals surface area contributed by atoms with Gasteiger partial charge in [0, 0.05) is 11.9 Å². The number of piperidine rings is 1. The molecule has 1 saturated heterocycles. The number of hydrogen-bond acceptors (Lipinski definition) is 2. The van der Waals surface area contributed by atoms with Crippen molar-refractivity contribution in [1.82, 2.24) is 9.80 Å². The molecule has 0 atom stereocenters. The van der Waals surface area contributed by atoms with Crippen LogP contribution in [0.15, 0.2) is 0 Å². The van der Waals surface area contributed by atoms with Crippen LogP contribution in [0, 0.1) is 0 Å². The van der Waals surface area contributed by atoms with Crippen molar-refractivity contribution >= 4 is 11.6 Å². The number of halogens is 1. The molecule has 3 heteroatoms. The summed E-state index contributed by atoms with van der Waals surface area (Å²) in [5.74, 6) is 0.807. The molecule has 0 unspecified atom stereocenters. The maximum Gasteiger partial charge on any atom is 0.0223 e. The first kappa shape index (κ1) is 12.3. The van der Waals surface area contributed by atoms with Gasteiger partial charge in [-0.2, -0.15) is 0 Å². The van der Waals surface area contributed by atoms with Crippen molar-refractivity contribution in [3.8, 4) is 0 Å². The van der Waals surface area contributed by atoms with Crippen molar-refractivity contribution < 1.29 is 0 Å². The van der Waals surface area contributed by atoms with Crippen LogP contribution in [0.5, 0.6) is 0 Å². The van der Waals surface area contributed by atoms with E-state index in [-0.39, 0.29) is 0 Å². The maximum atomic E-state index is 5.66. The van der Waals surface area contributed by atoms with Gasteiger partial charge in [-0.25, -0.2) is 0 Å². The lowest BCUT2D eigenvalue weighted by molar-refractivity contribution is 0.143. The van der Waals surface area contributed by atoms with Crippen LogP contribution in [0.4, 0.5) is 0 Å². The summed E-state index contributed by atoms with van der Waals surface area (Å²) in [5, 5.41) is 0. The highest BCUT2D eigenvalue weighted by Gasteiger charge is 2.19. The van der Waals surface area contributed by atoms with E-state index >= 15 is 0 Å². The second-order valence-corrected chi connectivity index (χ2v) is 4.79. The van der Waals surface area contributed by atoms with Gasteiger partial charge in [0.15, 0.2) is 0 Å². The number of hydrogen-bond donors (Lipinski definition) is 0. The zero-order valence-electron chi connectivity index (χ0n) is 9.51. The highest BCUT2D eigenvalue weighted by molar-refractivity contribution is 6.17. The predicted molar refractivity (Wildman–Crippen MR) is 63.1 cm³/mol. The van der Waals surface area contributed by atoms with Crippen LogP contribution < -0.4 is 0 Å². The number of unbranched alkanes of at least 4 members (excludes halogenated alkanes) is 1. The fourth-order valence-electron chi connectivity index (χ4n) is 2.07. The number of rotatable bonds is 5. The molecule has 1 rings (SSSR count). The summed E-state index contributed by atoms with van der Waals surface area (Å²) in [6.07, 6.45) is 5.05. The average Bonchev–Trinajstić information content (AvgIpc) is 2.19. The first-order chi connectivity index (χ1) is 6.74. The highest BCUT2D eigenvalue weighted by atomic mass is 35.5. The van der Waals surface area contributed by atoms with E-state index in [4.69, 9.17) is 11.6 Å². The van der Waals surface area contributed by atoms with Crippen molar-refractivity contribution in [3.05, 3.63) is 0 Å². The van der Waals surface area contributed by atoms with Gasteiger partial charge >= 0.3 is 0 Å². The van der Waals surface area contributed by atoms with Gasteiger partial charge in [0.05, 0.1) is 0 Å². The molecule has 14 heavy (non-hydrogen) atoms. The quantitative estimate of drug-likeness (QED) is 0.515. The molecule has 1 aliphatic rings. The van der Waals surface area contributed by atoms with E-state index in [1.54, 1.807) is 0 Å². The van der Waals surface area contributed by atoms with Crippen LogP contribution in [0.3, 0.4) is 0 Å². The van der Waals surface area contributed by atoms with Crippen LogP contribution in [-0.4, -0.2) is 55.5 Å². The van der Waals surface area contributed by atoms with Gasteiger partial charge in [0.25, 0.3) is 0 Å². The van der Waals surface area contributed by atoms with Crippen molar-refractivity contribution in [3.63, 3.8) is 0 Å². The molecule has 0 aromatic rings. The number of likely N-dealkylation sites (tertiary alicyclic amines) is 1. The lowest BCUT2D eigenvalue weighted by Gasteiger charge is -2.35. The fourth-order valence-corrected chi connectivity index (χ4v) is 2.26. The predicted octanol–water partition coefficient (Wildman–Crippen LogP) is 2.03. The van der Waals surface area contributed by atoms with E-state index in [9.17, 15) is 0 Å². The minimum atomic E-state index is 0.807. The smallest absolute Gasteiger partial charge is 0.0223 e. The number of alkyl halides is 1. The Morgan fingerprint density at radius 2 is 1.93 bits per heavy atom. The summed E-state index contributed by atoms with van der Waals surface area (Å²) in [7, 11) is 4.47. The topological polar surface area (TPSA) is 6.48 Å². The van der Waals surface area contributed by atoms with Crippen molar-refractivity contribution in [2.75, 3.05) is 39.6 Å². The zero-order valence-corrected chi connectivity index (χ0v) is 10.3. The van der Waals surface area contributed by atoms with E-state index in [0.717, 1.165) is 18.3 Å². The Morgan fingerprint density at radius 1 is 1.29 bits per heavy atom. The molecule has 0 amide bonds. The standard InChI is InChI=1S/C11H23ClN2/c1-13-9-5-11(6-10-13)14(2)8-4-3-7-12/h11H,3-10H2,1-2H3. The Kier molecular flexibility index (Phi) is 5.83. The zero-order chi connectivity index (χ0) is 10.4. The third-order valence-electron chi connectivity index (χ3n) is 3.21. The molecule has 0 spiro atoms. The highest BCUT2D eigenvalue weighted by Crippen LogP contribution is 2.14. The Bertz CT molecular complexity index is 144. The number of nitrogens with zero attached hydrogens (tertiary/aromatic N) is 2. The third kappa shape index (κ3) is 4.16. The maximum absolute atomic E-state index is 5.66. The van der Waals surface area contributed by atoms with Crippen molar-refractivity contribution in [2.24, 2.45) is 0 Å². The van der Waals surface area contributed by atoms with Gasteiger partial charge in [-0.05, 0) is 59.4 Å². The first-order valence-electron chi connectivity index (χ1n) is 5.69. The normalized spacial score (nSPS) is 20.6. The Balaban J connectivity index is 2.13. The summed E-state index contributed by atoms with van der Waals surface area (Å²) in [6.45, 7) is 3.72. The van der Waals surface area contributed by atoms with E-state index in [1.165, 1.54) is 38.9 Å². The molecule has 1 aliphatic heterocycles. The summed E-state index contributed by atoms with van der Waals surface area (Å²) >= 11 is 5.66. The van der Waals surface area contributed by atoms with Crippen molar-refractivity contribution in [1.29, 1.82) is 0 Å². The molecule has 84 valence electrons. The van der Waals surface area contributed by atoms with Gasteiger partial charge < -0.3 is 9.80 Å². The van der Waals surface area contributed by atoms with Crippen LogP contribution >= 0.6 is 11.6 Å². The summed E-state index contributed by atoms with van der Waals surface area (Å²) in [5.41, 5.74) is 0. The Hall–Kier alpha value is 0.210. The fraction of sp³-hybridized carbons (Fsp3) is 1.00. The SMILES string of the molecule is CN1CCC(N(C)CCCCCl)CC1. The molecule has 0 bridgehead atoms. The molecular formula is C11H23ClN2. The second-order valence-electron chi connectivity index (χ2n) is 4.41. The molecular weight excluding hydrogens is 196 g/mol. The molecule has 2 nitrogen and oxygen atoms in total. The molecule has 0 saturated carbocycles. The lowest BCUT2D eigenvalue weighted by atomic mass is 10.0. The Labute approximate surface area is 93.2 Å². The average molecular weight is 219 g/mol. The Morgan fingerprint density at radius 3 is 2.50 bits per heavy atom. The van der Waals surface area contributed by atoms with E-state index in [1.807, 2.05) is 0 Å². The molecule has 0 radical (unpaired) electrons. The summed E-state index contributed by atoms with van der Waals surface area (Å²) < 4.78 is 0.